The second-order valence-corrected chi connectivity index (χ2v) is 6.34. The molecule has 0 aliphatic rings. The maximum absolute atomic E-state index is 11.7. The third-order valence-electron chi connectivity index (χ3n) is 2.75. The molecule has 0 heterocycles. The Morgan fingerprint density at radius 1 is 1.23 bits per heavy atom. The first kappa shape index (κ1) is 18.5. The van der Waals surface area contributed by atoms with Gasteiger partial charge in [0.25, 0.3) is 0 Å². The van der Waals surface area contributed by atoms with E-state index in [1.54, 1.807) is 39.8 Å². The largest absolute Gasteiger partial charge is 0.465 e. The molecule has 5 nitrogen and oxygen atoms in total. The van der Waals surface area contributed by atoms with Crippen molar-refractivity contribution in [3.8, 4) is 0 Å². The summed E-state index contributed by atoms with van der Waals surface area (Å²) in [5.41, 5.74) is 1.37. The Balaban J connectivity index is 2.69. The van der Waals surface area contributed by atoms with Crippen LogP contribution in [0.15, 0.2) is 17.0 Å². The van der Waals surface area contributed by atoms with Gasteiger partial charge in [-0.1, -0.05) is 0 Å². The normalized spacial score (nSPS) is 11.2. The van der Waals surface area contributed by atoms with Gasteiger partial charge in [-0.25, -0.2) is 9.59 Å². The number of hydrogen-bond donors (Lipinski definition) is 1. The number of hydrogen-bond acceptors (Lipinski definition) is 6. The Kier molecular flexibility index (Phi) is 6.44. The van der Waals surface area contributed by atoms with Crippen LogP contribution in [0.2, 0.25) is 0 Å². The smallest absolute Gasteiger partial charge is 0.338 e. The molecule has 0 saturated heterocycles. The maximum atomic E-state index is 11.7. The molecule has 0 saturated carbocycles. The van der Waals surface area contributed by atoms with Crippen LogP contribution in [0.4, 0.5) is 0 Å². The van der Waals surface area contributed by atoms with Crippen molar-refractivity contribution in [2.45, 2.75) is 44.8 Å². The molecule has 0 unspecified atom stereocenters. The summed E-state index contributed by atoms with van der Waals surface area (Å²) in [5, 5.41) is 0. The van der Waals surface area contributed by atoms with E-state index in [2.05, 4.69) is 12.6 Å². The van der Waals surface area contributed by atoms with Gasteiger partial charge in [-0.15, -0.1) is 12.6 Å². The van der Waals surface area contributed by atoms with Crippen molar-refractivity contribution in [1.29, 1.82) is 0 Å². The van der Waals surface area contributed by atoms with Crippen molar-refractivity contribution in [3.63, 3.8) is 0 Å². The van der Waals surface area contributed by atoms with Gasteiger partial charge in [0, 0.05) is 4.90 Å². The SMILES string of the molecule is COC(=O)c1cc(COCC(=O)OC(C)(C)C)cc(S)c1C. The van der Waals surface area contributed by atoms with Crippen LogP contribution in [0.25, 0.3) is 0 Å². The predicted molar refractivity (Wildman–Crippen MR) is 85.3 cm³/mol. The lowest BCUT2D eigenvalue weighted by atomic mass is 10.1. The fourth-order valence-electron chi connectivity index (χ4n) is 1.79. The van der Waals surface area contributed by atoms with Crippen molar-refractivity contribution >= 4 is 24.6 Å². The molecule has 0 spiro atoms. The van der Waals surface area contributed by atoms with E-state index in [0.29, 0.717) is 10.5 Å². The van der Waals surface area contributed by atoms with Gasteiger partial charge in [0.15, 0.2) is 0 Å². The molecule has 1 aromatic carbocycles. The van der Waals surface area contributed by atoms with Crippen molar-refractivity contribution in [2.24, 2.45) is 0 Å². The minimum Gasteiger partial charge on any atom is -0.465 e. The van der Waals surface area contributed by atoms with E-state index in [1.165, 1.54) is 7.11 Å². The van der Waals surface area contributed by atoms with Gasteiger partial charge in [-0.2, -0.15) is 0 Å². The van der Waals surface area contributed by atoms with E-state index in [9.17, 15) is 9.59 Å². The number of benzene rings is 1. The van der Waals surface area contributed by atoms with Gasteiger partial charge in [0.1, 0.15) is 12.2 Å². The van der Waals surface area contributed by atoms with Gasteiger partial charge in [0.2, 0.25) is 0 Å². The summed E-state index contributed by atoms with van der Waals surface area (Å²) in [6.45, 7) is 7.19. The van der Waals surface area contributed by atoms with Gasteiger partial charge >= 0.3 is 11.9 Å². The second-order valence-electron chi connectivity index (χ2n) is 5.86. The third kappa shape index (κ3) is 5.69. The van der Waals surface area contributed by atoms with Crippen LogP contribution in [0, 0.1) is 6.92 Å². The van der Waals surface area contributed by atoms with Crippen LogP contribution in [0.5, 0.6) is 0 Å². The highest BCUT2D eigenvalue weighted by molar-refractivity contribution is 7.80. The Morgan fingerprint density at radius 2 is 1.86 bits per heavy atom. The summed E-state index contributed by atoms with van der Waals surface area (Å²) in [4.78, 5) is 23.9. The fraction of sp³-hybridized carbons (Fsp3) is 0.500. The van der Waals surface area contributed by atoms with Crippen molar-refractivity contribution in [2.75, 3.05) is 13.7 Å². The summed E-state index contributed by atoms with van der Waals surface area (Å²) < 4.78 is 15.2. The minimum atomic E-state index is -0.541. The topological polar surface area (TPSA) is 61.8 Å². The van der Waals surface area contributed by atoms with E-state index in [1.807, 2.05) is 0 Å². The Labute approximate surface area is 136 Å². The van der Waals surface area contributed by atoms with Gasteiger partial charge in [-0.05, 0) is 51.0 Å². The molecular weight excluding hydrogens is 304 g/mol. The Morgan fingerprint density at radius 3 is 2.41 bits per heavy atom. The third-order valence-corrected chi connectivity index (χ3v) is 3.22. The van der Waals surface area contributed by atoms with Crippen molar-refractivity contribution in [3.05, 3.63) is 28.8 Å². The first-order chi connectivity index (χ1) is 10.1. The summed E-state index contributed by atoms with van der Waals surface area (Å²) in [6, 6.07) is 3.47. The molecule has 22 heavy (non-hydrogen) atoms. The fourth-order valence-corrected chi connectivity index (χ4v) is 2.07. The number of thiol groups is 1. The van der Waals surface area contributed by atoms with E-state index >= 15 is 0 Å². The van der Waals surface area contributed by atoms with Crippen molar-refractivity contribution < 1.29 is 23.8 Å². The Bertz CT molecular complexity index is 560. The van der Waals surface area contributed by atoms with E-state index in [4.69, 9.17) is 14.2 Å². The number of carbonyl (C=O) groups is 2. The molecule has 0 amide bonds. The van der Waals surface area contributed by atoms with Crippen LogP contribution in [0.1, 0.15) is 42.3 Å². The highest BCUT2D eigenvalue weighted by atomic mass is 32.1. The molecule has 0 radical (unpaired) electrons. The molecule has 122 valence electrons. The van der Waals surface area contributed by atoms with Crippen LogP contribution >= 0.6 is 12.6 Å². The van der Waals surface area contributed by atoms with Crippen molar-refractivity contribution in [1.82, 2.24) is 0 Å². The predicted octanol–water partition coefficient (Wildman–Crippen LogP) is 2.93. The molecule has 0 aromatic heterocycles. The number of methoxy groups -OCH3 is 1. The van der Waals surface area contributed by atoms with Crippen LogP contribution in [0.3, 0.4) is 0 Å². The van der Waals surface area contributed by atoms with Crippen LogP contribution in [-0.2, 0) is 25.6 Å². The average Bonchev–Trinajstić information content (AvgIpc) is 2.39. The van der Waals surface area contributed by atoms with Crippen LogP contribution < -0.4 is 0 Å². The molecular formula is C16H22O5S. The Hall–Kier alpha value is -1.53. The molecule has 0 aliphatic carbocycles. The number of rotatable bonds is 5. The summed E-state index contributed by atoms with van der Waals surface area (Å²) in [7, 11) is 1.33. The van der Waals surface area contributed by atoms with Crippen LogP contribution in [-0.4, -0.2) is 31.3 Å². The van der Waals surface area contributed by atoms with Gasteiger partial charge in [-0.3, -0.25) is 0 Å². The molecule has 0 bridgehead atoms. The summed E-state index contributed by atoms with van der Waals surface area (Å²) in [5.74, 6) is -0.860. The molecule has 0 N–H and O–H groups in total. The average molecular weight is 326 g/mol. The minimum absolute atomic E-state index is 0.152. The number of esters is 2. The van der Waals surface area contributed by atoms with E-state index in [-0.39, 0.29) is 13.2 Å². The lowest BCUT2D eigenvalue weighted by Crippen LogP contribution is -2.26. The van der Waals surface area contributed by atoms with E-state index < -0.39 is 17.5 Å². The molecule has 0 fully saturated rings. The molecule has 1 rings (SSSR count). The second kappa shape index (κ2) is 7.65. The zero-order valence-electron chi connectivity index (χ0n) is 13.6. The summed E-state index contributed by atoms with van der Waals surface area (Å²) in [6.07, 6.45) is 0. The van der Waals surface area contributed by atoms with Gasteiger partial charge < -0.3 is 14.2 Å². The highest BCUT2D eigenvalue weighted by Crippen LogP contribution is 2.21. The lowest BCUT2D eigenvalue weighted by molar-refractivity contribution is -0.160. The van der Waals surface area contributed by atoms with Gasteiger partial charge in [0.05, 0.1) is 19.3 Å². The molecule has 6 heteroatoms. The zero-order valence-corrected chi connectivity index (χ0v) is 14.5. The number of carbonyl (C=O) groups excluding carboxylic acids is 2. The lowest BCUT2D eigenvalue weighted by Gasteiger charge is -2.19. The standard InChI is InChI=1S/C16H22O5S/c1-10-12(15(18)19-5)6-11(7-13(10)22)8-20-9-14(17)21-16(2,3)4/h6-7,22H,8-9H2,1-5H3. The van der Waals surface area contributed by atoms with E-state index in [0.717, 1.165) is 11.1 Å². The number of ether oxygens (including phenoxy) is 3. The molecule has 0 aliphatic heterocycles. The molecule has 0 atom stereocenters. The maximum Gasteiger partial charge on any atom is 0.338 e. The first-order valence-electron chi connectivity index (χ1n) is 6.84. The highest BCUT2D eigenvalue weighted by Gasteiger charge is 2.17. The molecule has 1 aromatic rings. The quantitative estimate of drug-likeness (QED) is 0.666. The first-order valence-corrected chi connectivity index (χ1v) is 7.29. The summed E-state index contributed by atoms with van der Waals surface area (Å²) >= 11 is 4.33. The monoisotopic (exact) mass is 326 g/mol. The zero-order chi connectivity index (χ0) is 16.9.